The van der Waals surface area contributed by atoms with Crippen LogP contribution in [0.1, 0.15) is 19.3 Å². The zero-order valence-corrected chi connectivity index (χ0v) is 10.6. The first-order valence-corrected chi connectivity index (χ1v) is 6.14. The third-order valence-corrected chi connectivity index (χ3v) is 3.26. The van der Waals surface area contributed by atoms with Crippen LogP contribution < -0.4 is 16.0 Å². The summed E-state index contributed by atoms with van der Waals surface area (Å²) >= 11 is 0. The summed E-state index contributed by atoms with van der Waals surface area (Å²) in [6, 6.07) is 0.207. The average Bonchev–Trinajstić information content (AvgIpc) is 2.42. The van der Waals surface area contributed by atoms with Crippen LogP contribution in [-0.2, 0) is 4.79 Å². The number of nitrogens with two attached hydrogens (primary N) is 1. The largest absolute Gasteiger partial charge is 0.381 e. The number of nitrogen functional groups attached to an aromatic ring is 1. The van der Waals surface area contributed by atoms with Crippen LogP contribution in [-0.4, -0.2) is 30.5 Å². The van der Waals surface area contributed by atoms with Gasteiger partial charge >= 0.3 is 0 Å². The molecule has 19 heavy (non-hydrogen) atoms. The molecule has 0 spiro atoms. The van der Waals surface area contributed by atoms with Gasteiger partial charge in [0, 0.05) is 19.7 Å². The molecule has 3 N–H and O–H groups in total. The number of likely N-dealkylation sites (N-methyl/N-ethyl adjacent to an activating group) is 1. The molecule has 104 valence electrons. The van der Waals surface area contributed by atoms with Crippen molar-refractivity contribution in [1.29, 1.82) is 0 Å². The van der Waals surface area contributed by atoms with Gasteiger partial charge in [-0.15, -0.1) is 0 Å². The predicted molar refractivity (Wildman–Crippen MR) is 67.6 cm³/mol. The summed E-state index contributed by atoms with van der Waals surface area (Å²) in [5.74, 6) is -2.33. The third kappa shape index (κ3) is 2.59. The second kappa shape index (κ2) is 5.38. The van der Waals surface area contributed by atoms with E-state index in [9.17, 15) is 13.6 Å². The molecular weight excluding hydrogens is 254 g/mol. The second-order valence-electron chi connectivity index (χ2n) is 4.48. The molecule has 1 aromatic rings. The van der Waals surface area contributed by atoms with Gasteiger partial charge in [0.15, 0.2) is 23.3 Å². The molecule has 1 atom stereocenters. The Morgan fingerprint density at radius 2 is 2.21 bits per heavy atom. The van der Waals surface area contributed by atoms with Crippen molar-refractivity contribution in [3.05, 3.63) is 17.7 Å². The second-order valence-corrected chi connectivity index (χ2v) is 4.48. The topological polar surface area (TPSA) is 71.2 Å². The molecule has 0 bridgehead atoms. The first-order valence-electron chi connectivity index (χ1n) is 6.14. The van der Waals surface area contributed by atoms with Crippen LogP contribution >= 0.6 is 0 Å². The lowest BCUT2D eigenvalue weighted by Gasteiger charge is -2.35. The van der Waals surface area contributed by atoms with Gasteiger partial charge in [-0.3, -0.25) is 4.79 Å². The van der Waals surface area contributed by atoms with E-state index in [-0.39, 0.29) is 17.5 Å². The number of nitrogens with one attached hydrogen (secondary N) is 1. The van der Waals surface area contributed by atoms with Crippen LogP contribution in [0.5, 0.6) is 0 Å². The standard InChI is InChI=1S/C12H16F2N4O/c1-16-12(19)9-4-2-3-5-18(9)11-8(14)6-7(13)10(15)17-11/h6,9H,2-5H2,1H3,(H2,15,17)(H,16,19). The zero-order valence-electron chi connectivity index (χ0n) is 10.6. The van der Waals surface area contributed by atoms with Crippen LogP contribution in [0.4, 0.5) is 20.4 Å². The Bertz CT molecular complexity index is 495. The highest BCUT2D eigenvalue weighted by atomic mass is 19.1. The quantitative estimate of drug-likeness (QED) is 0.842. The molecule has 0 saturated carbocycles. The highest BCUT2D eigenvalue weighted by molar-refractivity contribution is 5.85. The number of carbonyl (C=O) groups excluding carboxylic acids is 1. The molecule has 1 fully saturated rings. The van der Waals surface area contributed by atoms with Crippen molar-refractivity contribution in [2.24, 2.45) is 0 Å². The van der Waals surface area contributed by atoms with Crippen LogP contribution in [0.2, 0.25) is 0 Å². The summed E-state index contributed by atoms with van der Waals surface area (Å²) in [6.07, 6.45) is 2.32. The van der Waals surface area contributed by atoms with Gasteiger partial charge in [-0.2, -0.15) is 0 Å². The summed E-state index contributed by atoms with van der Waals surface area (Å²) < 4.78 is 26.9. The molecule has 1 unspecified atom stereocenters. The van der Waals surface area contributed by atoms with E-state index >= 15 is 0 Å². The monoisotopic (exact) mass is 270 g/mol. The normalized spacial score (nSPS) is 19.3. The minimum Gasteiger partial charge on any atom is -0.381 e. The van der Waals surface area contributed by atoms with E-state index in [2.05, 4.69) is 10.3 Å². The Hall–Kier alpha value is -1.92. The number of amides is 1. The molecule has 1 amide bonds. The highest BCUT2D eigenvalue weighted by Crippen LogP contribution is 2.27. The Balaban J connectivity index is 2.37. The van der Waals surface area contributed by atoms with E-state index in [0.29, 0.717) is 19.0 Å². The van der Waals surface area contributed by atoms with E-state index < -0.39 is 17.7 Å². The number of anilines is 2. The van der Waals surface area contributed by atoms with E-state index in [1.165, 1.54) is 7.05 Å². The maximum absolute atomic E-state index is 13.8. The van der Waals surface area contributed by atoms with Gasteiger partial charge in [0.25, 0.3) is 0 Å². The average molecular weight is 270 g/mol. The SMILES string of the molecule is CNC(=O)C1CCCCN1c1nc(N)c(F)cc1F. The van der Waals surface area contributed by atoms with Crippen LogP contribution in [0, 0.1) is 11.6 Å². The summed E-state index contributed by atoms with van der Waals surface area (Å²) in [6.45, 7) is 0.493. The van der Waals surface area contributed by atoms with Gasteiger partial charge in [-0.25, -0.2) is 13.8 Å². The molecule has 1 aliphatic rings. The van der Waals surface area contributed by atoms with Crippen molar-refractivity contribution in [1.82, 2.24) is 10.3 Å². The number of hydrogen-bond donors (Lipinski definition) is 2. The van der Waals surface area contributed by atoms with Crippen molar-refractivity contribution in [2.45, 2.75) is 25.3 Å². The molecule has 0 aromatic carbocycles. The van der Waals surface area contributed by atoms with E-state index in [4.69, 9.17) is 5.73 Å². The van der Waals surface area contributed by atoms with Crippen molar-refractivity contribution in [3.63, 3.8) is 0 Å². The predicted octanol–water partition coefficient (Wildman–Crippen LogP) is 1.05. The molecule has 5 nitrogen and oxygen atoms in total. The van der Waals surface area contributed by atoms with E-state index in [1.807, 2.05) is 0 Å². The van der Waals surface area contributed by atoms with E-state index in [1.54, 1.807) is 4.90 Å². The summed E-state index contributed by atoms with van der Waals surface area (Å²) in [7, 11) is 1.53. The molecule has 1 saturated heterocycles. The van der Waals surface area contributed by atoms with Crippen molar-refractivity contribution in [2.75, 3.05) is 24.2 Å². The maximum Gasteiger partial charge on any atom is 0.242 e. The molecular formula is C12H16F2N4O. The van der Waals surface area contributed by atoms with Gasteiger partial charge in [0.2, 0.25) is 5.91 Å². The van der Waals surface area contributed by atoms with Gasteiger partial charge in [0.05, 0.1) is 0 Å². The third-order valence-electron chi connectivity index (χ3n) is 3.26. The molecule has 7 heteroatoms. The first-order chi connectivity index (χ1) is 9.04. The minimum atomic E-state index is -0.894. The number of hydrogen-bond acceptors (Lipinski definition) is 4. The number of carbonyl (C=O) groups is 1. The number of aromatic nitrogens is 1. The Morgan fingerprint density at radius 1 is 1.47 bits per heavy atom. The number of piperidine rings is 1. The Labute approximate surface area is 109 Å². The summed E-state index contributed by atoms with van der Waals surface area (Å²) in [5.41, 5.74) is 5.37. The lowest BCUT2D eigenvalue weighted by molar-refractivity contribution is -0.122. The lowest BCUT2D eigenvalue weighted by atomic mass is 10.0. The number of nitrogens with zero attached hydrogens (tertiary/aromatic N) is 2. The fourth-order valence-electron chi connectivity index (χ4n) is 2.30. The maximum atomic E-state index is 13.8. The summed E-state index contributed by atoms with van der Waals surface area (Å²) in [4.78, 5) is 17.1. The molecule has 1 aliphatic heterocycles. The number of rotatable bonds is 2. The van der Waals surface area contributed by atoms with Crippen molar-refractivity contribution < 1.29 is 13.6 Å². The van der Waals surface area contributed by atoms with E-state index in [0.717, 1.165) is 12.8 Å². The van der Waals surface area contributed by atoms with Gasteiger partial charge in [-0.05, 0) is 19.3 Å². The van der Waals surface area contributed by atoms with Crippen LogP contribution in [0.25, 0.3) is 0 Å². The molecule has 0 radical (unpaired) electrons. The van der Waals surface area contributed by atoms with Gasteiger partial charge in [0.1, 0.15) is 6.04 Å². The number of halogens is 2. The lowest BCUT2D eigenvalue weighted by Crippen LogP contribution is -2.49. The number of pyridine rings is 1. The first kappa shape index (κ1) is 13.5. The Kier molecular flexibility index (Phi) is 3.82. The molecule has 2 heterocycles. The smallest absolute Gasteiger partial charge is 0.242 e. The fraction of sp³-hybridized carbons (Fsp3) is 0.500. The fourth-order valence-corrected chi connectivity index (χ4v) is 2.30. The van der Waals surface area contributed by atoms with Crippen molar-refractivity contribution in [3.8, 4) is 0 Å². The molecule has 2 rings (SSSR count). The zero-order chi connectivity index (χ0) is 14.0. The van der Waals surface area contributed by atoms with Gasteiger partial charge in [-0.1, -0.05) is 0 Å². The van der Waals surface area contributed by atoms with Crippen LogP contribution in [0.15, 0.2) is 6.07 Å². The molecule has 1 aromatic heterocycles. The summed E-state index contributed by atoms with van der Waals surface area (Å²) in [5, 5.41) is 2.54. The van der Waals surface area contributed by atoms with Crippen LogP contribution in [0.3, 0.4) is 0 Å². The Morgan fingerprint density at radius 3 is 2.89 bits per heavy atom. The highest BCUT2D eigenvalue weighted by Gasteiger charge is 2.31. The minimum absolute atomic E-state index is 0.0628. The van der Waals surface area contributed by atoms with Crippen molar-refractivity contribution >= 4 is 17.5 Å². The molecule has 0 aliphatic carbocycles. The van der Waals surface area contributed by atoms with Gasteiger partial charge < -0.3 is 16.0 Å².